The molecule has 0 spiro atoms. The molecule has 1 aromatic rings. The zero-order valence-electron chi connectivity index (χ0n) is 14.4. The molecule has 124 valence electrons. The number of benzene rings is 1. The van der Waals surface area contributed by atoms with Gasteiger partial charge in [0.15, 0.2) is 0 Å². The fourth-order valence-electron chi connectivity index (χ4n) is 4.19. The Morgan fingerprint density at radius 3 is 2.57 bits per heavy atom. The second-order valence-electron chi connectivity index (χ2n) is 7.13. The summed E-state index contributed by atoms with van der Waals surface area (Å²) in [4.78, 5) is 4.67. The third-order valence-electron chi connectivity index (χ3n) is 5.84. The van der Waals surface area contributed by atoms with Gasteiger partial charge in [0.05, 0.1) is 5.69 Å². The molecule has 1 saturated carbocycles. The number of hydrogen-bond donors (Lipinski definition) is 0. The average Bonchev–Trinajstić information content (AvgIpc) is 2.99. The molecule has 0 saturated heterocycles. The lowest BCUT2D eigenvalue weighted by atomic mass is 9.80. The zero-order valence-corrected chi connectivity index (χ0v) is 14.4. The first-order valence-corrected chi connectivity index (χ1v) is 9.15. The summed E-state index contributed by atoms with van der Waals surface area (Å²) in [6, 6.07) is 6.64. The lowest BCUT2D eigenvalue weighted by molar-refractivity contribution is 0.230. The number of alkyl halides is 1. The Balaban J connectivity index is 1.77. The SMILES string of the molecule is C=C(c1ccc2c(c1)N=CC2C(CC)CC)C1CCC(F)CC1. The van der Waals surface area contributed by atoms with Crippen LogP contribution in [0.4, 0.5) is 10.1 Å². The molecule has 2 aliphatic rings. The highest BCUT2D eigenvalue weighted by atomic mass is 19.1. The quantitative estimate of drug-likeness (QED) is 0.591. The second-order valence-corrected chi connectivity index (χ2v) is 7.13. The maximum Gasteiger partial charge on any atom is 0.100 e. The first-order valence-electron chi connectivity index (χ1n) is 9.15. The van der Waals surface area contributed by atoms with Gasteiger partial charge in [-0.25, -0.2) is 4.39 Å². The largest absolute Gasteiger partial charge is 0.260 e. The third-order valence-corrected chi connectivity index (χ3v) is 5.84. The van der Waals surface area contributed by atoms with Crippen molar-refractivity contribution in [3.63, 3.8) is 0 Å². The molecule has 0 amide bonds. The molecule has 1 unspecified atom stereocenters. The minimum Gasteiger partial charge on any atom is -0.260 e. The Bertz CT molecular complexity index is 592. The average molecular weight is 313 g/mol. The van der Waals surface area contributed by atoms with Crippen LogP contribution in [0.3, 0.4) is 0 Å². The molecule has 3 rings (SSSR count). The molecular formula is C21H28FN. The van der Waals surface area contributed by atoms with E-state index in [1.165, 1.54) is 29.5 Å². The van der Waals surface area contributed by atoms with Crippen LogP contribution in [0.5, 0.6) is 0 Å². The summed E-state index contributed by atoms with van der Waals surface area (Å²) in [6.45, 7) is 8.83. The molecule has 0 radical (unpaired) electrons. The van der Waals surface area contributed by atoms with Gasteiger partial charge in [-0.1, -0.05) is 45.4 Å². The van der Waals surface area contributed by atoms with Crippen molar-refractivity contribution in [2.75, 3.05) is 0 Å². The minimum absolute atomic E-state index is 0.431. The second kappa shape index (κ2) is 6.98. The topological polar surface area (TPSA) is 12.4 Å². The predicted octanol–water partition coefficient (Wildman–Crippen LogP) is 6.46. The Morgan fingerprint density at radius 2 is 1.91 bits per heavy atom. The molecule has 1 aliphatic heterocycles. The highest BCUT2D eigenvalue weighted by Crippen LogP contribution is 2.42. The van der Waals surface area contributed by atoms with Gasteiger partial charge >= 0.3 is 0 Å². The molecule has 0 N–H and O–H groups in total. The summed E-state index contributed by atoms with van der Waals surface area (Å²) < 4.78 is 13.3. The maximum atomic E-state index is 13.3. The fraction of sp³-hybridized carbons (Fsp3) is 0.571. The van der Waals surface area contributed by atoms with E-state index in [1.54, 1.807) is 0 Å². The van der Waals surface area contributed by atoms with Crippen LogP contribution in [-0.2, 0) is 0 Å². The van der Waals surface area contributed by atoms with Crippen LogP contribution in [0, 0.1) is 11.8 Å². The van der Waals surface area contributed by atoms with Crippen molar-refractivity contribution in [1.29, 1.82) is 0 Å². The van der Waals surface area contributed by atoms with Gasteiger partial charge in [0.1, 0.15) is 6.17 Å². The van der Waals surface area contributed by atoms with E-state index in [2.05, 4.69) is 49.8 Å². The van der Waals surface area contributed by atoms with Gasteiger partial charge in [-0.2, -0.15) is 0 Å². The molecule has 1 aromatic carbocycles. The summed E-state index contributed by atoms with van der Waals surface area (Å²) in [5.74, 6) is 1.57. The van der Waals surface area contributed by atoms with E-state index in [0.717, 1.165) is 18.5 Å². The normalized spacial score (nSPS) is 26.5. The van der Waals surface area contributed by atoms with Crippen molar-refractivity contribution >= 4 is 17.5 Å². The first kappa shape index (κ1) is 16.4. The van der Waals surface area contributed by atoms with Crippen LogP contribution >= 0.6 is 0 Å². The molecule has 23 heavy (non-hydrogen) atoms. The van der Waals surface area contributed by atoms with Crippen LogP contribution in [0.15, 0.2) is 29.8 Å². The molecule has 1 aliphatic carbocycles. The summed E-state index contributed by atoms with van der Waals surface area (Å²) in [5, 5.41) is 0. The Labute approximate surface area is 139 Å². The lowest BCUT2D eigenvalue weighted by Gasteiger charge is -2.26. The molecule has 0 bridgehead atoms. The van der Waals surface area contributed by atoms with Crippen LogP contribution in [-0.4, -0.2) is 12.4 Å². The first-order chi connectivity index (χ1) is 11.1. The van der Waals surface area contributed by atoms with Crippen LogP contribution in [0.25, 0.3) is 5.57 Å². The van der Waals surface area contributed by atoms with E-state index < -0.39 is 6.17 Å². The fourth-order valence-corrected chi connectivity index (χ4v) is 4.19. The van der Waals surface area contributed by atoms with E-state index in [1.807, 2.05) is 0 Å². The molecule has 1 heterocycles. The number of rotatable bonds is 5. The van der Waals surface area contributed by atoms with Gasteiger partial charge in [0.25, 0.3) is 0 Å². The van der Waals surface area contributed by atoms with Crippen molar-refractivity contribution in [2.24, 2.45) is 16.8 Å². The molecule has 1 fully saturated rings. The molecule has 1 atom stereocenters. The van der Waals surface area contributed by atoms with Gasteiger partial charge < -0.3 is 0 Å². The number of halogens is 1. The van der Waals surface area contributed by atoms with Gasteiger partial charge in [-0.3, -0.25) is 4.99 Å². The minimum atomic E-state index is -0.607. The summed E-state index contributed by atoms with van der Waals surface area (Å²) in [5.41, 5.74) is 4.83. The number of aliphatic imine (C=N–C) groups is 1. The summed E-state index contributed by atoms with van der Waals surface area (Å²) >= 11 is 0. The van der Waals surface area contributed by atoms with Gasteiger partial charge in [0, 0.05) is 12.1 Å². The van der Waals surface area contributed by atoms with Crippen molar-refractivity contribution in [2.45, 2.75) is 64.5 Å². The molecule has 0 aromatic heterocycles. The Kier molecular flexibility index (Phi) is 4.99. The standard InChI is InChI=1S/C21H28FN/c1-4-15(5-2)20-13-23-21-12-17(8-11-19(20)21)14(3)16-6-9-18(22)10-7-16/h8,11-13,15-16,18,20H,3-7,9-10H2,1-2H3. The predicted molar refractivity (Wildman–Crippen MR) is 97.3 cm³/mol. The van der Waals surface area contributed by atoms with E-state index in [4.69, 9.17) is 0 Å². The Hall–Kier alpha value is -1.44. The van der Waals surface area contributed by atoms with Gasteiger partial charge in [0.2, 0.25) is 0 Å². The summed E-state index contributed by atoms with van der Waals surface area (Å²) in [6.07, 6.45) is 7.12. The van der Waals surface area contributed by atoms with E-state index in [0.29, 0.717) is 30.6 Å². The highest BCUT2D eigenvalue weighted by Gasteiger charge is 2.27. The van der Waals surface area contributed by atoms with Gasteiger partial charge in [-0.15, -0.1) is 0 Å². The lowest BCUT2D eigenvalue weighted by Crippen LogP contribution is -2.16. The van der Waals surface area contributed by atoms with Gasteiger partial charge in [-0.05, 0) is 60.3 Å². The van der Waals surface area contributed by atoms with Crippen molar-refractivity contribution in [3.05, 3.63) is 35.9 Å². The van der Waals surface area contributed by atoms with Crippen LogP contribution in [0.1, 0.15) is 69.4 Å². The molecule has 2 heteroatoms. The monoisotopic (exact) mass is 313 g/mol. The van der Waals surface area contributed by atoms with E-state index in [9.17, 15) is 4.39 Å². The van der Waals surface area contributed by atoms with Crippen molar-refractivity contribution in [1.82, 2.24) is 0 Å². The van der Waals surface area contributed by atoms with E-state index in [-0.39, 0.29) is 0 Å². The smallest absolute Gasteiger partial charge is 0.100 e. The number of nitrogens with zero attached hydrogens (tertiary/aromatic N) is 1. The van der Waals surface area contributed by atoms with E-state index >= 15 is 0 Å². The zero-order chi connectivity index (χ0) is 16.4. The number of fused-ring (bicyclic) bond motifs is 1. The third kappa shape index (κ3) is 3.27. The highest BCUT2D eigenvalue weighted by molar-refractivity contribution is 5.83. The van der Waals surface area contributed by atoms with Crippen molar-refractivity contribution in [3.8, 4) is 0 Å². The molecule has 1 nitrogen and oxygen atoms in total. The maximum absolute atomic E-state index is 13.3. The number of allylic oxidation sites excluding steroid dienone is 1. The summed E-state index contributed by atoms with van der Waals surface area (Å²) in [7, 11) is 0. The van der Waals surface area contributed by atoms with Crippen molar-refractivity contribution < 1.29 is 4.39 Å². The van der Waals surface area contributed by atoms with Crippen LogP contribution in [0.2, 0.25) is 0 Å². The number of hydrogen-bond acceptors (Lipinski definition) is 1. The van der Waals surface area contributed by atoms with Crippen LogP contribution < -0.4 is 0 Å². The molecular weight excluding hydrogens is 285 g/mol. The Morgan fingerprint density at radius 1 is 1.22 bits per heavy atom.